The van der Waals surface area contributed by atoms with Gasteiger partial charge in [0.2, 0.25) is 0 Å². The van der Waals surface area contributed by atoms with Gasteiger partial charge in [-0.1, -0.05) is 105 Å². The fourth-order valence-electron chi connectivity index (χ4n) is 6.18. The molecule has 0 spiro atoms. The first-order valence-corrected chi connectivity index (χ1v) is 23.3. The van der Waals surface area contributed by atoms with E-state index in [9.17, 15) is 0 Å². The number of fused-ring (bicyclic) bond motifs is 2. The van der Waals surface area contributed by atoms with Crippen molar-refractivity contribution in [3.05, 3.63) is 147 Å². The summed E-state index contributed by atoms with van der Waals surface area (Å²) in [4.78, 5) is 0. The van der Waals surface area contributed by atoms with Crippen LogP contribution in [0, 0.1) is 6.92 Å². The molecule has 0 bridgehead atoms. The van der Waals surface area contributed by atoms with Crippen LogP contribution in [0.15, 0.2) is 120 Å². The van der Waals surface area contributed by atoms with E-state index < -0.39 is 16.1 Å². The quantitative estimate of drug-likeness (QED) is 0.193. The van der Waals surface area contributed by atoms with Crippen molar-refractivity contribution in [3.8, 4) is 0 Å². The van der Waals surface area contributed by atoms with Gasteiger partial charge in [-0.15, -0.1) is 33.7 Å². The average Bonchev–Trinajstić information content (AvgIpc) is 3.60. The third-order valence-corrected chi connectivity index (χ3v) is 16.0. The molecule has 3 aliphatic carbocycles. The molecule has 212 valence electrons. The monoisotopic (exact) mass is 657 g/mol. The van der Waals surface area contributed by atoms with Crippen LogP contribution < -0.4 is 15.6 Å². The summed E-state index contributed by atoms with van der Waals surface area (Å²) in [5, 5.41) is 4.50. The van der Waals surface area contributed by atoms with Gasteiger partial charge < -0.3 is 0 Å². The van der Waals surface area contributed by atoms with E-state index >= 15 is 0 Å². The Morgan fingerprint density at radius 3 is 1.95 bits per heavy atom. The Hall–Kier alpha value is -2.45. The van der Waals surface area contributed by atoms with Gasteiger partial charge in [0, 0.05) is 0 Å². The van der Waals surface area contributed by atoms with Gasteiger partial charge in [-0.3, -0.25) is 0 Å². The van der Waals surface area contributed by atoms with E-state index in [4.69, 9.17) is 0 Å². The van der Waals surface area contributed by atoms with E-state index in [-0.39, 0.29) is 5.04 Å². The molecule has 0 amide bonds. The average molecular weight is 659 g/mol. The molecule has 3 aliphatic rings. The van der Waals surface area contributed by atoms with Gasteiger partial charge in [0.15, 0.2) is 0 Å². The minimum absolute atomic E-state index is 0.132. The molecule has 3 heteroatoms. The molecule has 0 saturated heterocycles. The Labute approximate surface area is 270 Å². The molecular weight excluding hydrogens is 616 g/mol. The molecule has 0 nitrogen and oxygen atoms in total. The van der Waals surface area contributed by atoms with Gasteiger partial charge in [-0.25, -0.2) is 0 Å². The van der Waals surface area contributed by atoms with Crippen LogP contribution in [0.1, 0.15) is 30.0 Å². The molecule has 0 saturated carbocycles. The second-order valence-electron chi connectivity index (χ2n) is 14.0. The van der Waals surface area contributed by atoms with Crippen molar-refractivity contribution >= 4 is 36.2 Å². The molecule has 0 fully saturated rings. The molecule has 3 aromatic rings. The fourth-order valence-corrected chi connectivity index (χ4v) is 10.3. The predicted molar refractivity (Wildman–Crippen MR) is 186 cm³/mol. The Kier molecular flexibility index (Phi) is 8.79. The molecule has 1 unspecified atom stereocenters. The van der Waals surface area contributed by atoms with Gasteiger partial charge >= 0.3 is 99.2 Å². The summed E-state index contributed by atoms with van der Waals surface area (Å²) in [6, 6.07) is 25.9. The van der Waals surface area contributed by atoms with Gasteiger partial charge in [-0.05, 0) is 18.4 Å². The van der Waals surface area contributed by atoms with Crippen LogP contribution in [-0.4, -0.2) is 19.4 Å². The molecule has 6 rings (SSSR count). The first-order chi connectivity index (χ1) is 19.8. The fraction of sp³-hybridized carbons (Fsp3) is 0.256. The van der Waals surface area contributed by atoms with E-state index in [0.717, 1.165) is 6.42 Å². The van der Waals surface area contributed by atoms with E-state index in [1.54, 1.807) is 10.8 Å². The molecule has 0 N–H and O–H groups in total. The zero-order valence-electron chi connectivity index (χ0n) is 26.5. The van der Waals surface area contributed by atoms with Crippen LogP contribution in [0.3, 0.4) is 0 Å². The predicted octanol–water partition coefficient (Wildman–Crippen LogP) is 8.02. The van der Waals surface area contributed by atoms with Crippen LogP contribution in [0.25, 0.3) is 11.6 Å². The van der Waals surface area contributed by atoms with E-state index in [2.05, 4.69) is 162 Å². The Balaban J connectivity index is 0.000000211. The summed E-state index contributed by atoms with van der Waals surface area (Å²) in [5.41, 5.74) is 9.86. The van der Waals surface area contributed by atoms with E-state index in [0.29, 0.717) is 0 Å². The zero-order valence-corrected chi connectivity index (χ0v) is 31.0. The number of benzene rings is 3. The molecule has 0 aliphatic heterocycles. The van der Waals surface area contributed by atoms with Crippen molar-refractivity contribution in [1.82, 2.24) is 0 Å². The number of hydrogen-bond acceptors (Lipinski definition) is 0. The topological polar surface area (TPSA) is 0 Å². The third kappa shape index (κ3) is 5.98. The molecule has 0 heterocycles. The van der Waals surface area contributed by atoms with Crippen molar-refractivity contribution < 1.29 is 24.2 Å². The van der Waals surface area contributed by atoms with Crippen LogP contribution in [0.2, 0.25) is 44.3 Å². The molecule has 0 radical (unpaired) electrons. The van der Waals surface area contributed by atoms with Crippen molar-refractivity contribution in [3.63, 3.8) is 0 Å². The van der Waals surface area contributed by atoms with Crippen LogP contribution in [-0.2, 0) is 24.2 Å². The van der Waals surface area contributed by atoms with Crippen LogP contribution >= 0.6 is 0 Å². The summed E-state index contributed by atoms with van der Waals surface area (Å²) in [5.74, 6) is 0. The Morgan fingerprint density at radius 1 is 0.857 bits per heavy atom. The van der Waals surface area contributed by atoms with Crippen LogP contribution in [0.4, 0.5) is 0 Å². The third-order valence-electron chi connectivity index (χ3n) is 9.02. The maximum absolute atomic E-state index is 3.91. The Morgan fingerprint density at radius 2 is 1.45 bits per heavy atom. The molecular formula is C39H43Si2Zr-. The first-order valence-electron chi connectivity index (χ1n) is 15.1. The van der Waals surface area contributed by atoms with Gasteiger partial charge in [0.1, 0.15) is 0 Å². The summed E-state index contributed by atoms with van der Waals surface area (Å²) in [6.45, 7) is 19.6. The number of allylic oxidation sites excluding steroid dienone is 8. The van der Waals surface area contributed by atoms with E-state index in [1.807, 2.05) is 0 Å². The minimum atomic E-state index is -1.49. The maximum atomic E-state index is 3.91. The number of rotatable bonds is 5. The van der Waals surface area contributed by atoms with Crippen molar-refractivity contribution in [1.29, 1.82) is 0 Å². The molecule has 0 aromatic heterocycles. The standard InChI is InChI=1S/C26H33Si2.C13H10.Zr/c1-18-15-20-17-22-21(24(20)23(16-18)27(3,4)5)13-14-26(2,28(6,7)8)25(22)19-11-9-10-12-19;1-3-7-12(8-4-1)11-13-9-5-2-6-10-13;/h9-11,13-16H,12H2,1-8H3;1-10H;/q-1;;. The SMILES string of the molecule is Cc1cc([Si](C)(C)C)c2c(c1)=[C-]C1=C(C3=CC=CC3)C(C)([Si](C)(C)C)C=CC=21.[Zr]=[C](c1ccccc1)c1ccccc1. The molecule has 3 aromatic carbocycles. The van der Waals surface area contributed by atoms with Gasteiger partial charge in [0.25, 0.3) is 0 Å². The van der Waals surface area contributed by atoms with E-state index in [1.165, 1.54) is 71.3 Å². The summed E-state index contributed by atoms with van der Waals surface area (Å²) in [6.07, 6.45) is 16.8. The Bertz CT molecular complexity index is 1730. The van der Waals surface area contributed by atoms with Gasteiger partial charge in [-0.2, -0.15) is 0 Å². The summed E-state index contributed by atoms with van der Waals surface area (Å²) in [7, 11) is -2.95. The normalized spacial score (nSPS) is 19.0. The second kappa shape index (κ2) is 11.9. The molecule has 1 atom stereocenters. The van der Waals surface area contributed by atoms with Crippen LogP contribution in [0.5, 0.6) is 0 Å². The summed E-state index contributed by atoms with van der Waals surface area (Å²) < 4.78 is 1.42. The zero-order chi connectivity index (χ0) is 30.3. The second-order valence-corrected chi connectivity index (χ2v) is 25.8. The van der Waals surface area contributed by atoms with Crippen molar-refractivity contribution in [2.75, 3.05) is 0 Å². The first kappa shape index (κ1) is 31.0. The number of aryl methyl sites for hydroxylation is 1. The number of hydrogen-bond donors (Lipinski definition) is 0. The van der Waals surface area contributed by atoms with Crippen molar-refractivity contribution in [2.45, 2.75) is 64.6 Å². The molecule has 42 heavy (non-hydrogen) atoms. The van der Waals surface area contributed by atoms with Crippen molar-refractivity contribution in [2.24, 2.45) is 0 Å². The summed E-state index contributed by atoms with van der Waals surface area (Å²) >= 11 is 1.46. The van der Waals surface area contributed by atoms with Gasteiger partial charge in [0.05, 0.1) is 16.1 Å².